The Morgan fingerprint density at radius 1 is 0.852 bits per heavy atom. The Hall–Kier alpha value is -5.51. The number of carboxylic acids is 1. The summed E-state index contributed by atoms with van der Waals surface area (Å²) in [6, 6.07) is 19.1. The number of ether oxygens (including phenoxy) is 2. The average Bonchev–Trinajstić information content (AvgIpc) is 3.21. The monoisotopic (exact) mass is 730 g/mol. The molecule has 10 heteroatoms. The van der Waals surface area contributed by atoms with E-state index in [1.165, 1.54) is 56.1 Å². The minimum absolute atomic E-state index is 0.0578. The molecule has 0 bridgehead atoms. The zero-order valence-electron chi connectivity index (χ0n) is 31.4. The van der Waals surface area contributed by atoms with Crippen LogP contribution in [0.15, 0.2) is 85.2 Å². The predicted molar refractivity (Wildman–Crippen MR) is 209 cm³/mol. The Balaban J connectivity index is 1.04. The van der Waals surface area contributed by atoms with Gasteiger partial charge in [-0.1, -0.05) is 56.5 Å². The van der Waals surface area contributed by atoms with Gasteiger partial charge in [0.15, 0.2) is 5.82 Å². The summed E-state index contributed by atoms with van der Waals surface area (Å²) >= 11 is 0. The normalized spacial score (nSPS) is 18.3. The average molecular weight is 731 g/mol. The topological polar surface area (TPSA) is 131 Å². The van der Waals surface area contributed by atoms with E-state index in [1.54, 1.807) is 49.6 Å². The van der Waals surface area contributed by atoms with E-state index < -0.39 is 18.4 Å². The minimum atomic E-state index is -1.12. The summed E-state index contributed by atoms with van der Waals surface area (Å²) in [5.74, 6) is 2.57. The van der Waals surface area contributed by atoms with Gasteiger partial charge in [0.2, 0.25) is 5.91 Å². The number of hydrogen-bond donors (Lipinski definition) is 2. The zero-order chi connectivity index (χ0) is 38.0. The van der Waals surface area contributed by atoms with Gasteiger partial charge in [-0.3, -0.25) is 14.4 Å². The number of carbonyl (C=O) groups is 3. The second-order valence-corrected chi connectivity index (χ2v) is 14.5. The Bertz CT molecular complexity index is 1930. The number of aromatic nitrogens is 2. The number of nitrogens with one attached hydrogen (secondary N) is 1. The summed E-state index contributed by atoms with van der Waals surface area (Å²) in [5.41, 5.74) is 5.49. The second-order valence-electron chi connectivity index (χ2n) is 14.5. The molecule has 1 saturated carbocycles. The van der Waals surface area contributed by atoms with Crippen molar-refractivity contribution in [3.8, 4) is 22.9 Å². The molecule has 4 aromatic rings. The lowest BCUT2D eigenvalue weighted by atomic mass is 9.71. The maximum absolute atomic E-state index is 13.5. The number of carbonyl (C=O) groups excluding carboxylic acids is 2. The van der Waals surface area contributed by atoms with Crippen molar-refractivity contribution in [2.24, 2.45) is 17.8 Å². The van der Waals surface area contributed by atoms with Gasteiger partial charge in [0.05, 0.1) is 20.6 Å². The smallest absolute Gasteiger partial charge is 0.323 e. The van der Waals surface area contributed by atoms with E-state index in [9.17, 15) is 19.5 Å². The van der Waals surface area contributed by atoms with Gasteiger partial charge >= 0.3 is 5.97 Å². The summed E-state index contributed by atoms with van der Waals surface area (Å²) in [4.78, 5) is 48.7. The summed E-state index contributed by atoms with van der Waals surface area (Å²) in [6.07, 6.45) is 16.6. The third-order valence-corrected chi connectivity index (χ3v) is 11.1. The van der Waals surface area contributed by atoms with Crippen LogP contribution in [0.3, 0.4) is 0 Å². The number of hydrogen-bond acceptors (Lipinski definition) is 7. The van der Waals surface area contributed by atoms with Crippen LogP contribution in [-0.4, -0.2) is 58.5 Å². The summed E-state index contributed by atoms with van der Waals surface area (Å²) in [7, 11) is 3.09. The van der Waals surface area contributed by atoms with E-state index in [0.29, 0.717) is 34.1 Å². The van der Waals surface area contributed by atoms with E-state index >= 15 is 0 Å². The van der Waals surface area contributed by atoms with Crippen molar-refractivity contribution in [2.75, 3.05) is 26.1 Å². The molecule has 10 nitrogen and oxygen atoms in total. The number of carboxylic acid groups (broad SMARTS) is 1. The Morgan fingerprint density at radius 3 is 2.19 bits per heavy atom. The van der Waals surface area contributed by atoms with Crippen molar-refractivity contribution >= 4 is 29.0 Å². The molecule has 1 fully saturated rings. The summed E-state index contributed by atoms with van der Waals surface area (Å²) in [6.45, 7) is 1.95. The van der Waals surface area contributed by atoms with Crippen molar-refractivity contribution in [2.45, 2.75) is 71.3 Å². The SMILES string of the molecule is CC[C@H]1CC[C@H](C2CC=C(c3cnc(-c4ccc(CN(CC(=O)O)C(=O)c5ccc(NC(=O)Cc6cc(OC)ccc6OC)cc5)cc4)nc3)CC2)CC1. The van der Waals surface area contributed by atoms with E-state index in [1.807, 2.05) is 36.7 Å². The molecule has 1 unspecified atom stereocenters. The highest BCUT2D eigenvalue weighted by molar-refractivity contribution is 5.97. The van der Waals surface area contributed by atoms with Gasteiger partial charge in [0, 0.05) is 46.9 Å². The molecular formula is C44H50N4O6. The number of allylic oxidation sites excluding steroid dienone is 2. The highest BCUT2D eigenvalue weighted by atomic mass is 16.5. The van der Waals surface area contributed by atoms with Crippen molar-refractivity contribution in [3.63, 3.8) is 0 Å². The highest BCUT2D eigenvalue weighted by Crippen LogP contribution is 2.41. The Labute approximate surface area is 317 Å². The van der Waals surface area contributed by atoms with Crippen LogP contribution in [0.5, 0.6) is 11.5 Å². The lowest BCUT2D eigenvalue weighted by molar-refractivity contribution is -0.137. The summed E-state index contributed by atoms with van der Waals surface area (Å²) in [5, 5.41) is 12.4. The Kier molecular flexibility index (Phi) is 12.7. The third kappa shape index (κ3) is 9.72. The number of anilines is 1. The number of rotatable bonds is 14. The molecule has 2 aliphatic carbocycles. The first kappa shape index (κ1) is 38.2. The lowest BCUT2D eigenvalue weighted by Gasteiger charge is -2.35. The van der Waals surface area contributed by atoms with Crippen LogP contribution in [0, 0.1) is 17.8 Å². The minimum Gasteiger partial charge on any atom is -0.497 e. The van der Waals surface area contributed by atoms with E-state index in [4.69, 9.17) is 9.47 Å². The summed E-state index contributed by atoms with van der Waals surface area (Å²) < 4.78 is 10.6. The number of benzene rings is 3. The maximum atomic E-state index is 13.5. The molecule has 1 aromatic heterocycles. The van der Waals surface area contributed by atoms with Crippen molar-refractivity contribution in [1.82, 2.24) is 14.9 Å². The van der Waals surface area contributed by atoms with Gasteiger partial charge in [-0.25, -0.2) is 9.97 Å². The first-order chi connectivity index (χ1) is 26.2. The fraction of sp³-hybridized carbons (Fsp3) is 0.386. The number of aliphatic carboxylic acids is 1. The first-order valence-corrected chi connectivity index (χ1v) is 19.0. The van der Waals surface area contributed by atoms with Gasteiger partial charge in [-0.15, -0.1) is 0 Å². The van der Waals surface area contributed by atoms with Crippen LogP contribution in [0.4, 0.5) is 5.69 Å². The molecular weight excluding hydrogens is 681 g/mol. The van der Waals surface area contributed by atoms with Gasteiger partial charge in [-0.2, -0.15) is 0 Å². The molecule has 0 radical (unpaired) electrons. The second kappa shape index (κ2) is 18.0. The van der Waals surface area contributed by atoms with Crippen LogP contribution >= 0.6 is 0 Å². The third-order valence-electron chi connectivity index (χ3n) is 11.1. The molecule has 2 amide bonds. The highest BCUT2D eigenvalue weighted by Gasteiger charge is 2.28. The van der Waals surface area contributed by atoms with Crippen molar-refractivity contribution in [3.05, 3.63) is 107 Å². The molecule has 54 heavy (non-hydrogen) atoms. The molecule has 3 aromatic carbocycles. The van der Waals surface area contributed by atoms with Crippen LogP contribution in [0.1, 0.15) is 85.3 Å². The van der Waals surface area contributed by atoms with Crippen LogP contribution in [0.2, 0.25) is 0 Å². The van der Waals surface area contributed by atoms with Gasteiger partial charge in [0.1, 0.15) is 18.0 Å². The lowest BCUT2D eigenvalue weighted by Crippen LogP contribution is -2.35. The Morgan fingerprint density at radius 2 is 1.57 bits per heavy atom. The van der Waals surface area contributed by atoms with Gasteiger partial charge in [0.25, 0.3) is 5.91 Å². The number of amides is 2. The largest absolute Gasteiger partial charge is 0.497 e. The molecule has 0 aliphatic heterocycles. The van der Waals surface area contributed by atoms with Crippen molar-refractivity contribution < 1.29 is 29.0 Å². The van der Waals surface area contributed by atoms with E-state index in [0.717, 1.165) is 47.3 Å². The zero-order valence-corrected chi connectivity index (χ0v) is 31.4. The standard InChI is InChI=1S/C44H50N4O6/c1-4-29-5-9-31(10-6-29)32-13-15-33(16-14-32)37-25-45-43(46-26-37)34-11-7-30(8-12-34)27-48(28-42(50)51)44(52)35-17-19-38(20-18-35)47-41(49)24-36-23-39(53-2)21-22-40(36)54-3/h7-8,11-12,15,17-23,25-26,29,31-32H,4-6,9-10,13-14,16,24,27-28H2,1-3H3,(H,47,49)(H,50,51)/t29-,31-,32?. The number of nitrogens with zero attached hydrogens (tertiary/aromatic N) is 3. The van der Waals surface area contributed by atoms with E-state index in [-0.39, 0.29) is 18.9 Å². The van der Waals surface area contributed by atoms with Crippen LogP contribution in [-0.2, 0) is 22.6 Å². The van der Waals surface area contributed by atoms with Crippen LogP contribution < -0.4 is 14.8 Å². The fourth-order valence-electron chi connectivity index (χ4n) is 7.87. The van der Waals surface area contributed by atoms with Gasteiger partial charge in [-0.05, 0) is 103 Å². The molecule has 2 N–H and O–H groups in total. The van der Waals surface area contributed by atoms with Crippen molar-refractivity contribution in [1.29, 1.82) is 0 Å². The predicted octanol–water partition coefficient (Wildman–Crippen LogP) is 8.47. The molecule has 282 valence electrons. The van der Waals surface area contributed by atoms with Crippen LogP contribution in [0.25, 0.3) is 17.0 Å². The molecule has 0 spiro atoms. The maximum Gasteiger partial charge on any atom is 0.323 e. The van der Waals surface area contributed by atoms with Gasteiger partial charge < -0.3 is 24.8 Å². The fourth-order valence-corrected chi connectivity index (χ4v) is 7.87. The molecule has 1 atom stereocenters. The first-order valence-electron chi connectivity index (χ1n) is 19.0. The number of methoxy groups -OCH3 is 2. The quantitative estimate of drug-likeness (QED) is 0.132. The molecule has 6 rings (SSSR count). The molecule has 2 aliphatic rings. The molecule has 0 saturated heterocycles. The molecule has 1 heterocycles. The van der Waals surface area contributed by atoms with E-state index in [2.05, 4.69) is 28.3 Å².